The summed E-state index contributed by atoms with van der Waals surface area (Å²) in [6.07, 6.45) is 1.51. The van der Waals surface area contributed by atoms with E-state index >= 15 is 0 Å². The van der Waals surface area contributed by atoms with E-state index in [1.54, 1.807) is 55.6 Å². The zero-order valence-corrected chi connectivity index (χ0v) is 18.0. The quantitative estimate of drug-likeness (QED) is 0.588. The van der Waals surface area contributed by atoms with Crippen LogP contribution in [0.15, 0.2) is 48.5 Å². The largest absolute Gasteiger partial charge is 0.434 e. The van der Waals surface area contributed by atoms with Gasteiger partial charge in [-0.15, -0.1) is 0 Å². The number of alkyl halides is 2. The number of carbonyl (C=O) groups excluding carboxylic acids is 1. The number of benzene rings is 2. The van der Waals surface area contributed by atoms with Crippen LogP contribution >= 0.6 is 0 Å². The molecule has 1 heterocycles. The number of methoxy groups -OCH3 is 1. The first-order chi connectivity index (χ1) is 15.5. The highest BCUT2D eigenvalue weighted by Gasteiger charge is 2.29. The number of likely N-dealkylation sites (tertiary alicyclic amines) is 1. The summed E-state index contributed by atoms with van der Waals surface area (Å²) in [5.74, 6) is 0.0761. The van der Waals surface area contributed by atoms with Gasteiger partial charge in [0, 0.05) is 50.5 Å². The first-order valence-electron chi connectivity index (χ1n) is 10.6. The van der Waals surface area contributed by atoms with Crippen molar-refractivity contribution in [1.29, 1.82) is 5.26 Å². The van der Waals surface area contributed by atoms with Crippen LogP contribution in [0.1, 0.15) is 34.3 Å². The van der Waals surface area contributed by atoms with Crippen LogP contribution in [0.3, 0.4) is 0 Å². The Bertz CT molecular complexity index is 940. The smallest absolute Gasteiger partial charge is 0.387 e. The summed E-state index contributed by atoms with van der Waals surface area (Å²) < 4.78 is 35.2. The Hall–Kier alpha value is -3.02. The molecule has 170 valence electrons. The van der Waals surface area contributed by atoms with Crippen LogP contribution in [0.5, 0.6) is 5.75 Å². The van der Waals surface area contributed by atoms with Gasteiger partial charge in [0.15, 0.2) is 0 Å². The molecule has 1 aliphatic heterocycles. The average Bonchev–Trinajstić information content (AvgIpc) is 2.81. The van der Waals surface area contributed by atoms with Gasteiger partial charge in [-0.25, -0.2) is 0 Å². The van der Waals surface area contributed by atoms with Crippen molar-refractivity contribution in [2.45, 2.75) is 32.0 Å². The third-order valence-corrected chi connectivity index (χ3v) is 5.62. The molecule has 0 spiro atoms. The molecule has 1 fully saturated rings. The highest BCUT2D eigenvalue weighted by atomic mass is 19.3. The molecule has 0 unspecified atom stereocenters. The minimum absolute atomic E-state index is 0.0344. The average molecular weight is 443 g/mol. The predicted octanol–water partition coefficient (Wildman–Crippen LogP) is 3.91. The van der Waals surface area contributed by atoms with Gasteiger partial charge in [-0.3, -0.25) is 9.69 Å². The van der Waals surface area contributed by atoms with Crippen LogP contribution in [-0.4, -0.2) is 61.7 Å². The molecule has 1 aliphatic rings. The summed E-state index contributed by atoms with van der Waals surface area (Å²) in [6.45, 7) is -0.0249. The third kappa shape index (κ3) is 6.25. The number of halogens is 2. The molecule has 6 nitrogen and oxygen atoms in total. The van der Waals surface area contributed by atoms with Crippen molar-refractivity contribution < 1.29 is 23.0 Å². The van der Waals surface area contributed by atoms with Crippen LogP contribution in [0.4, 0.5) is 8.78 Å². The molecule has 1 amide bonds. The Morgan fingerprint density at radius 3 is 2.66 bits per heavy atom. The van der Waals surface area contributed by atoms with Crippen LogP contribution in [0, 0.1) is 11.3 Å². The Labute approximate surface area is 186 Å². The van der Waals surface area contributed by atoms with Gasteiger partial charge in [-0.05, 0) is 37.1 Å². The molecule has 1 saturated heterocycles. The minimum Gasteiger partial charge on any atom is -0.434 e. The topological polar surface area (TPSA) is 65.8 Å². The van der Waals surface area contributed by atoms with E-state index in [0.29, 0.717) is 36.4 Å². The van der Waals surface area contributed by atoms with Crippen molar-refractivity contribution in [1.82, 2.24) is 9.80 Å². The second-order valence-electron chi connectivity index (χ2n) is 7.68. The molecule has 0 aliphatic carbocycles. The van der Waals surface area contributed by atoms with Gasteiger partial charge < -0.3 is 14.4 Å². The van der Waals surface area contributed by atoms with E-state index in [1.165, 1.54) is 0 Å². The van der Waals surface area contributed by atoms with E-state index in [2.05, 4.69) is 15.7 Å². The number of amides is 1. The van der Waals surface area contributed by atoms with Gasteiger partial charge in [-0.1, -0.05) is 24.3 Å². The Balaban J connectivity index is 1.65. The Morgan fingerprint density at radius 1 is 1.22 bits per heavy atom. The predicted molar refractivity (Wildman–Crippen MR) is 115 cm³/mol. The van der Waals surface area contributed by atoms with Crippen molar-refractivity contribution >= 4 is 5.91 Å². The molecule has 2 aromatic rings. The molecule has 0 saturated carbocycles. The fourth-order valence-corrected chi connectivity index (χ4v) is 4.00. The van der Waals surface area contributed by atoms with E-state index in [1.807, 2.05) is 4.90 Å². The third-order valence-electron chi connectivity index (χ3n) is 5.62. The van der Waals surface area contributed by atoms with Gasteiger partial charge in [0.1, 0.15) is 5.75 Å². The molecule has 0 atom stereocenters. The standard InChI is InChI=1S/C24H27F2N3O3/c1-31-14-13-29(23(30)19-7-4-5-18(15-19)16-27)21-9-11-28(12-10-21)17-20-6-2-3-8-22(20)32-24(25)26/h2-8,15,21,24H,9-14,17H2,1H3. The summed E-state index contributed by atoms with van der Waals surface area (Å²) in [7, 11) is 1.60. The van der Waals surface area contributed by atoms with Crippen molar-refractivity contribution in [2.75, 3.05) is 33.4 Å². The lowest BCUT2D eigenvalue weighted by molar-refractivity contribution is -0.0508. The second kappa shape index (κ2) is 11.6. The summed E-state index contributed by atoms with van der Waals surface area (Å²) in [5, 5.41) is 9.14. The molecular weight excluding hydrogens is 416 g/mol. The summed E-state index contributed by atoms with van der Waals surface area (Å²) in [6, 6.07) is 15.6. The molecule has 0 bridgehead atoms. The van der Waals surface area contributed by atoms with E-state index in [0.717, 1.165) is 25.9 Å². The SMILES string of the molecule is COCCN(C(=O)c1cccc(C#N)c1)C1CCN(Cc2ccccc2OC(F)F)CC1. The Morgan fingerprint density at radius 2 is 1.97 bits per heavy atom. The number of carbonyl (C=O) groups is 1. The normalized spacial score (nSPS) is 14.8. The fourth-order valence-electron chi connectivity index (χ4n) is 4.00. The van der Waals surface area contributed by atoms with E-state index < -0.39 is 6.61 Å². The number of para-hydroxylation sites is 1. The molecule has 32 heavy (non-hydrogen) atoms. The van der Waals surface area contributed by atoms with Gasteiger partial charge in [0.25, 0.3) is 5.91 Å². The highest BCUT2D eigenvalue weighted by molar-refractivity contribution is 5.94. The monoisotopic (exact) mass is 443 g/mol. The lowest BCUT2D eigenvalue weighted by Crippen LogP contribution is -2.48. The van der Waals surface area contributed by atoms with Crippen LogP contribution in [-0.2, 0) is 11.3 Å². The summed E-state index contributed by atoms with van der Waals surface area (Å²) in [4.78, 5) is 17.2. The van der Waals surface area contributed by atoms with E-state index in [4.69, 9.17) is 10.00 Å². The number of nitrogens with zero attached hydrogens (tertiary/aromatic N) is 3. The van der Waals surface area contributed by atoms with Crippen LogP contribution in [0.25, 0.3) is 0 Å². The maximum absolute atomic E-state index is 13.2. The van der Waals surface area contributed by atoms with Gasteiger partial charge in [0.05, 0.1) is 18.2 Å². The second-order valence-corrected chi connectivity index (χ2v) is 7.68. The number of ether oxygens (including phenoxy) is 2. The maximum atomic E-state index is 13.2. The van der Waals surface area contributed by atoms with Crippen LogP contribution in [0.2, 0.25) is 0 Å². The molecule has 0 N–H and O–H groups in total. The van der Waals surface area contributed by atoms with E-state index in [9.17, 15) is 13.6 Å². The van der Waals surface area contributed by atoms with Gasteiger partial charge >= 0.3 is 6.61 Å². The van der Waals surface area contributed by atoms with Crippen molar-refractivity contribution in [3.63, 3.8) is 0 Å². The molecular formula is C24H27F2N3O3. The number of nitriles is 1. The minimum atomic E-state index is -2.86. The first kappa shape index (κ1) is 23.6. The zero-order chi connectivity index (χ0) is 22.9. The lowest BCUT2D eigenvalue weighted by atomic mass is 10.0. The van der Waals surface area contributed by atoms with Crippen LogP contribution < -0.4 is 4.74 Å². The number of hydrogen-bond acceptors (Lipinski definition) is 5. The summed E-state index contributed by atoms with van der Waals surface area (Å²) >= 11 is 0. The number of piperidine rings is 1. The van der Waals surface area contributed by atoms with Gasteiger partial charge in [-0.2, -0.15) is 14.0 Å². The lowest BCUT2D eigenvalue weighted by Gasteiger charge is -2.38. The van der Waals surface area contributed by atoms with Gasteiger partial charge in [0.2, 0.25) is 0 Å². The Kier molecular flexibility index (Phi) is 8.54. The fraction of sp³-hybridized carbons (Fsp3) is 0.417. The van der Waals surface area contributed by atoms with Crippen molar-refractivity contribution in [3.05, 3.63) is 65.2 Å². The maximum Gasteiger partial charge on any atom is 0.387 e. The number of hydrogen-bond donors (Lipinski definition) is 0. The van der Waals surface area contributed by atoms with E-state index in [-0.39, 0.29) is 17.7 Å². The van der Waals surface area contributed by atoms with Crippen molar-refractivity contribution in [3.8, 4) is 11.8 Å². The zero-order valence-electron chi connectivity index (χ0n) is 18.0. The molecule has 2 aromatic carbocycles. The molecule has 0 radical (unpaired) electrons. The number of rotatable bonds is 9. The highest BCUT2D eigenvalue weighted by Crippen LogP contribution is 2.25. The summed E-state index contributed by atoms with van der Waals surface area (Å²) in [5.41, 5.74) is 1.65. The first-order valence-corrected chi connectivity index (χ1v) is 10.6. The molecule has 3 rings (SSSR count). The molecule has 0 aromatic heterocycles. The van der Waals surface area contributed by atoms with Crippen molar-refractivity contribution in [2.24, 2.45) is 0 Å². The molecule has 8 heteroatoms.